The molecule has 0 bridgehead atoms. The first-order valence-electron chi connectivity index (χ1n) is 6.26. The van der Waals surface area contributed by atoms with Crippen LogP contribution in [0.25, 0.3) is 0 Å². The minimum Gasteiger partial charge on any atom is -0.378 e. The summed E-state index contributed by atoms with van der Waals surface area (Å²) in [5.41, 5.74) is 0.918. The Labute approximate surface area is 127 Å². The van der Waals surface area contributed by atoms with Gasteiger partial charge in [-0.05, 0) is 6.92 Å². The molecule has 0 fully saturated rings. The van der Waals surface area contributed by atoms with Crippen LogP contribution in [0.1, 0.15) is 5.69 Å². The van der Waals surface area contributed by atoms with E-state index in [0.29, 0.717) is 46.2 Å². The molecule has 1 aromatic rings. The van der Waals surface area contributed by atoms with Crippen LogP contribution >= 0.6 is 22.9 Å². The molecule has 0 aliphatic rings. The fourth-order valence-corrected chi connectivity index (χ4v) is 1.54. The lowest BCUT2D eigenvalue weighted by atomic mass is 10.5. The standard InChI is InChI=1S/C11H21IN4O3/c1-11-10-16(15-14-11)3-5-18-7-9-19-8-6-17-4-2-13-12/h10,13H,2-9H2,1H3. The molecule has 0 atom stereocenters. The molecule has 110 valence electrons. The maximum atomic E-state index is 5.43. The number of nitrogens with zero attached hydrogens (tertiary/aromatic N) is 3. The van der Waals surface area contributed by atoms with Crippen molar-refractivity contribution in [2.24, 2.45) is 0 Å². The topological polar surface area (TPSA) is 70.4 Å². The van der Waals surface area contributed by atoms with Crippen LogP contribution in [0.3, 0.4) is 0 Å². The highest BCUT2D eigenvalue weighted by molar-refractivity contribution is 14.1. The lowest BCUT2D eigenvalue weighted by Gasteiger charge is -2.06. The van der Waals surface area contributed by atoms with Gasteiger partial charge in [0.25, 0.3) is 0 Å². The van der Waals surface area contributed by atoms with Crippen LogP contribution in [0.4, 0.5) is 0 Å². The van der Waals surface area contributed by atoms with Gasteiger partial charge < -0.3 is 14.2 Å². The smallest absolute Gasteiger partial charge is 0.0796 e. The largest absolute Gasteiger partial charge is 0.378 e. The Morgan fingerprint density at radius 1 is 1.11 bits per heavy atom. The maximum absolute atomic E-state index is 5.43. The van der Waals surface area contributed by atoms with Crippen molar-refractivity contribution in [3.8, 4) is 0 Å². The van der Waals surface area contributed by atoms with Gasteiger partial charge in [0, 0.05) is 35.6 Å². The van der Waals surface area contributed by atoms with E-state index < -0.39 is 0 Å². The molecule has 1 rings (SSSR count). The van der Waals surface area contributed by atoms with Crippen molar-refractivity contribution in [2.45, 2.75) is 13.5 Å². The number of ether oxygens (including phenoxy) is 3. The predicted octanol–water partition coefficient (Wildman–Crippen LogP) is 0.576. The molecule has 1 N–H and O–H groups in total. The summed E-state index contributed by atoms with van der Waals surface area (Å²) < 4.78 is 20.8. The third kappa shape index (κ3) is 9.27. The van der Waals surface area contributed by atoms with Gasteiger partial charge >= 0.3 is 0 Å². The molecule has 0 unspecified atom stereocenters. The molecule has 7 nitrogen and oxygen atoms in total. The SMILES string of the molecule is Cc1cn(CCOCCOCCOCCNI)nn1. The summed E-state index contributed by atoms with van der Waals surface area (Å²) in [5.74, 6) is 0. The number of hydrogen-bond donors (Lipinski definition) is 1. The summed E-state index contributed by atoms with van der Waals surface area (Å²) in [4.78, 5) is 0. The third-order valence-corrected chi connectivity index (χ3v) is 2.74. The zero-order valence-electron chi connectivity index (χ0n) is 11.2. The fourth-order valence-electron chi connectivity index (χ4n) is 1.32. The Hall–Kier alpha value is -0.290. The highest BCUT2D eigenvalue weighted by atomic mass is 127. The zero-order chi connectivity index (χ0) is 13.8. The number of aryl methyl sites for hydroxylation is 1. The van der Waals surface area contributed by atoms with Crippen molar-refractivity contribution in [3.05, 3.63) is 11.9 Å². The second-order valence-corrected chi connectivity index (χ2v) is 4.61. The second-order valence-electron chi connectivity index (χ2n) is 3.84. The molecule has 0 saturated heterocycles. The van der Waals surface area contributed by atoms with E-state index in [9.17, 15) is 0 Å². The van der Waals surface area contributed by atoms with Gasteiger partial charge in [0.05, 0.1) is 51.9 Å². The molecule has 0 aliphatic carbocycles. The van der Waals surface area contributed by atoms with Gasteiger partial charge in [-0.1, -0.05) is 5.21 Å². The number of hydrogen-bond acceptors (Lipinski definition) is 6. The van der Waals surface area contributed by atoms with E-state index in [1.165, 1.54) is 0 Å². The third-order valence-electron chi connectivity index (χ3n) is 2.20. The molecule has 19 heavy (non-hydrogen) atoms. The average Bonchev–Trinajstić information content (AvgIpc) is 2.82. The highest BCUT2D eigenvalue weighted by Gasteiger charge is 1.95. The van der Waals surface area contributed by atoms with Crippen LogP contribution in [0.5, 0.6) is 0 Å². The van der Waals surface area contributed by atoms with Crippen molar-refractivity contribution in [2.75, 3.05) is 46.2 Å². The van der Waals surface area contributed by atoms with Crippen LogP contribution in [-0.2, 0) is 20.8 Å². The number of halogens is 1. The molecule has 0 aliphatic heterocycles. The molecule has 8 heteroatoms. The Balaban J connectivity index is 1.79. The van der Waals surface area contributed by atoms with E-state index in [4.69, 9.17) is 14.2 Å². The quantitative estimate of drug-likeness (QED) is 0.323. The lowest BCUT2D eigenvalue weighted by molar-refractivity contribution is 0.0139. The van der Waals surface area contributed by atoms with Gasteiger partial charge in [0.2, 0.25) is 0 Å². The van der Waals surface area contributed by atoms with Gasteiger partial charge in [0.1, 0.15) is 0 Å². The highest BCUT2D eigenvalue weighted by Crippen LogP contribution is 1.89. The van der Waals surface area contributed by atoms with Gasteiger partial charge in [0.15, 0.2) is 0 Å². The first-order valence-corrected chi connectivity index (χ1v) is 7.34. The van der Waals surface area contributed by atoms with Gasteiger partial charge in [-0.15, -0.1) is 5.10 Å². The molecule has 0 radical (unpaired) electrons. The average molecular weight is 384 g/mol. The van der Waals surface area contributed by atoms with E-state index in [1.54, 1.807) is 4.68 Å². The van der Waals surface area contributed by atoms with Crippen molar-refractivity contribution in [1.82, 2.24) is 18.5 Å². The van der Waals surface area contributed by atoms with E-state index >= 15 is 0 Å². The molecule has 0 amide bonds. The van der Waals surface area contributed by atoms with E-state index in [2.05, 4.69) is 36.7 Å². The molecule has 1 heterocycles. The lowest BCUT2D eigenvalue weighted by Crippen LogP contribution is -2.14. The summed E-state index contributed by atoms with van der Waals surface area (Å²) in [5, 5.41) is 7.83. The van der Waals surface area contributed by atoms with Crippen LogP contribution in [0.2, 0.25) is 0 Å². The van der Waals surface area contributed by atoms with Crippen LogP contribution in [0, 0.1) is 6.92 Å². The first kappa shape index (κ1) is 16.8. The maximum Gasteiger partial charge on any atom is 0.0796 e. The summed E-state index contributed by atoms with van der Waals surface area (Å²) in [6, 6.07) is 0. The minimum absolute atomic E-state index is 0.586. The Morgan fingerprint density at radius 2 is 1.74 bits per heavy atom. The Kier molecular flexibility index (Phi) is 10.2. The Morgan fingerprint density at radius 3 is 2.32 bits per heavy atom. The summed E-state index contributed by atoms with van der Waals surface area (Å²) in [7, 11) is 0. The van der Waals surface area contributed by atoms with Crippen molar-refractivity contribution in [1.29, 1.82) is 0 Å². The van der Waals surface area contributed by atoms with Crippen molar-refractivity contribution < 1.29 is 14.2 Å². The predicted molar refractivity (Wildman–Crippen MR) is 79.2 cm³/mol. The monoisotopic (exact) mass is 384 g/mol. The number of nitrogens with one attached hydrogen (secondary N) is 1. The van der Waals surface area contributed by atoms with Crippen molar-refractivity contribution in [3.63, 3.8) is 0 Å². The van der Waals surface area contributed by atoms with Crippen LogP contribution in [0.15, 0.2) is 6.20 Å². The molecule has 0 spiro atoms. The van der Waals surface area contributed by atoms with Gasteiger partial charge in [-0.25, -0.2) is 4.68 Å². The first-order chi connectivity index (χ1) is 9.33. The van der Waals surface area contributed by atoms with Crippen molar-refractivity contribution >= 4 is 22.9 Å². The molecule has 0 aromatic carbocycles. The second kappa shape index (κ2) is 11.5. The molecule has 0 saturated carbocycles. The number of rotatable bonds is 12. The summed E-state index contributed by atoms with van der Waals surface area (Å²) >= 11 is 2.09. The zero-order valence-corrected chi connectivity index (χ0v) is 13.3. The summed E-state index contributed by atoms with van der Waals surface area (Å²) in [6.07, 6.45) is 1.89. The van der Waals surface area contributed by atoms with E-state index in [-0.39, 0.29) is 0 Å². The fraction of sp³-hybridized carbons (Fsp3) is 0.818. The van der Waals surface area contributed by atoms with Gasteiger partial charge in [-0.2, -0.15) is 0 Å². The van der Waals surface area contributed by atoms with Crippen LogP contribution < -0.4 is 3.53 Å². The summed E-state index contributed by atoms with van der Waals surface area (Å²) in [6.45, 7) is 7.20. The van der Waals surface area contributed by atoms with Crippen LogP contribution in [-0.4, -0.2) is 61.2 Å². The molecule has 1 aromatic heterocycles. The molecular weight excluding hydrogens is 363 g/mol. The van der Waals surface area contributed by atoms with E-state index in [0.717, 1.165) is 12.2 Å². The van der Waals surface area contributed by atoms with Gasteiger partial charge in [-0.3, -0.25) is 3.53 Å². The normalized spacial score (nSPS) is 11.1. The molecular formula is C11H21IN4O3. The minimum atomic E-state index is 0.586. The number of aromatic nitrogens is 3. The van der Waals surface area contributed by atoms with E-state index in [1.807, 2.05) is 13.1 Å². The Bertz CT molecular complexity index is 325.